The molecule has 3 rings (SSSR count). The zero-order valence-corrected chi connectivity index (χ0v) is 10.3. The van der Waals surface area contributed by atoms with Gasteiger partial charge in [0.2, 0.25) is 6.79 Å². The summed E-state index contributed by atoms with van der Waals surface area (Å²) in [5.74, 6) is 1.54. The topological polar surface area (TPSA) is 60.5 Å². The fourth-order valence-electron chi connectivity index (χ4n) is 1.77. The normalized spacial score (nSPS) is 12.3. The molecule has 1 aliphatic heterocycles. The van der Waals surface area contributed by atoms with Gasteiger partial charge in [0.05, 0.1) is 0 Å². The summed E-state index contributed by atoms with van der Waals surface area (Å²) in [6.07, 6.45) is 1.70. The number of nitrogens with zero attached hydrogens (tertiary/aromatic N) is 1. The Morgan fingerprint density at radius 2 is 2.05 bits per heavy atom. The van der Waals surface area contributed by atoms with E-state index in [1.807, 2.05) is 13.0 Å². The molecule has 0 aliphatic carbocycles. The lowest BCUT2D eigenvalue weighted by atomic mass is 10.2. The first-order chi connectivity index (χ1) is 9.22. The van der Waals surface area contributed by atoms with Crippen LogP contribution in [-0.4, -0.2) is 17.7 Å². The SMILES string of the molecule is Cc1ccc(NC(=O)c2ccc3c(c2)OCO3)nc1. The van der Waals surface area contributed by atoms with Crippen molar-refractivity contribution < 1.29 is 14.3 Å². The molecule has 1 N–H and O–H groups in total. The van der Waals surface area contributed by atoms with Crippen LogP contribution >= 0.6 is 0 Å². The van der Waals surface area contributed by atoms with Gasteiger partial charge < -0.3 is 14.8 Å². The van der Waals surface area contributed by atoms with Gasteiger partial charge in [0, 0.05) is 11.8 Å². The van der Waals surface area contributed by atoms with Gasteiger partial charge in [-0.1, -0.05) is 6.07 Å². The van der Waals surface area contributed by atoms with E-state index in [4.69, 9.17) is 9.47 Å². The van der Waals surface area contributed by atoms with Crippen molar-refractivity contribution >= 4 is 11.7 Å². The molecular formula is C14H12N2O3. The zero-order valence-electron chi connectivity index (χ0n) is 10.3. The van der Waals surface area contributed by atoms with Crippen LogP contribution in [0.3, 0.4) is 0 Å². The minimum Gasteiger partial charge on any atom is -0.454 e. The lowest BCUT2D eigenvalue weighted by Crippen LogP contribution is -2.12. The van der Waals surface area contributed by atoms with E-state index >= 15 is 0 Å². The molecule has 1 aromatic heterocycles. The third-order valence-electron chi connectivity index (χ3n) is 2.79. The number of amides is 1. The van der Waals surface area contributed by atoms with Crippen molar-refractivity contribution in [2.75, 3.05) is 12.1 Å². The van der Waals surface area contributed by atoms with Gasteiger partial charge in [-0.25, -0.2) is 4.98 Å². The summed E-state index contributed by atoms with van der Waals surface area (Å²) in [6.45, 7) is 2.14. The van der Waals surface area contributed by atoms with E-state index in [2.05, 4.69) is 10.3 Å². The number of anilines is 1. The molecule has 1 aliphatic rings. The number of hydrogen-bond donors (Lipinski definition) is 1. The third kappa shape index (κ3) is 2.35. The van der Waals surface area contributed by atoms with Gasteiger partial charge in [-0.05, 0) is 36.8 Å². The molecule has 5 heteroatoms. The van der Waals surface area contributed by atoms with Gasteiger partial charge in [0.15, 0.2) is 11.5 Å². The summed E-state index contributed by atoms with van der Waals surface area (Å²) < 4.78 is 10.4. The molecule has 19 heavy (non-hydrogen) atoms. The smallest absolute Gasteiger partial charge is 0.256 e. The monoisotopic (exact) mass is 256 g/mol. The van der Waals surface area contributed by atoms with Crippen LogP contribution in [0.15, 0.2) is 36.5 Å². The molecular weight excluding hydrogens is 244 g/mol. The minimum absolute atomic E-state index is 0.194. The zero-order chi connectivity index (χ0) is 13.2. The maximum absolute atomic E-state index is 12.1. The highest BCUT2D eigenvalue weighted by atomic mass is 16.7. The number of rotatable bonds is 2. The van der Waals surface area contributed by atoms with Gasteiger partial charge in [0.25, 0.3) is 5.91 Å². The second-order valence-electron chi connectivity index (χ2n) is 4.24. The van der Waals surface area contributed by atoms with E-state index < -0.39 is 0 Å². The summed E-state index contributed by atoms with van der Waals surface area (Å²) in [7, 11) is 0. The Morgan fingerprint density at radius 3 is 2.84 bits per heavy atom. The van der Waals surface area contributed by atoms with E-state index in [-0.39, 0.29) is 12.7 Å². The Balaban J connectivity index is 1.78. The Labute approximate surface area is 110 Å². The fourth-order valence-corrected chi connectivity index (χ4v) is 1.77. The third-order valence-corrected chi connectivity index (χ3v) is 2.79. The largest absolute Gasteiger partial charge is 0.454 e. The Hall–Kier alpha value is -2.56. The molecule has 1 amide bonds. The second-order valence-corrected chi connectivity index (χ2v) is 4.24. The first-order valence-electron chi connectivity index (χ1n) is 5.86. The molecule has 0 fully saturated rings. The van der Waals surface area contributed by atoms with E-state index in [9.17, 15) is 4.79 Å². The molecule has 0 saturated carbocycles. The first kappa shape index (κ1) is 11.5. The number of ether oxygens (including phenoxy) is 2. The molecule has 2 heterocycles. The minimum atomic E-state index is -0.227. The first-order valence-corrected chi connectivity index (χ1v) is 5.86. The predicted octanol–water partition coefficient (Wildman–Crippen LogP) is 2.37. The number of carbonyl (C=O) groups excluding carboxylic acids is 1. The molecule has 0 unspecified atom stereocenters. The quantitative estimate of drug-likeness (QED) is 0.896. The second kappa shape index (κ2) is 4.61. The average Bonchev–Trinajstić information content (AvgIpc) is 2.88. The summed E-state index contributed by atoms with van der Waals surface area (Å²) in [4.78, 5) is 16.2. The number of carbonyl (C=O) groups is 1. The van der Waals surface area contributed by atoms with Crippen LogP contribution in [0.4, 0.5) is 5.82 Å². The highest BCUT2D eigenvalue weighted by Gasteiger charge is 2.16. The molecule has 0 saturated heterocycles. The number of aromatic nitrogens is 1. The van der Waals surface area contributed by atoms with Crippen LogP contribution in [0.1, 0.15) is 15.9 Å². The van der Waals surface area contributed by atoms with Crippen molar-refractivity contribution in [1.82, 2.24) is 4.98 Å². The number of fused-ring (bicyclic) bond motifs is 1. The van der Waals surface area contributed by atoms with Crippen LogP contribution < -0.4 is 14.8 Å². The van der Waals surface area contributed by atoms with E-state index in [0.29, 0.717) is 22.9 Å². The molecule has 96 valence electrons. The van der Waals surface area contributed by atoms with Crippen molar-refractivity contribution in [2.45, 2.75) is 6.92 Å². The van der Waals surface area contributed by atoms with Gasteiger partial charge in [-0.15, -0.1) is 0 Å². The summed E-state index contributed by atoms with van der Waals surface area (Å²) in [5.41, 5.74) is 1.55. The van der Waals surface area contributed by atoms with E-state index in [1.54, 1.807) is 30.5 Å². The number of aryl methyl sites for hydroxylation is 1. The van der Waals surface area contributed by atoms with Gasteiger partial charge in [-0.3, -0.25) is 4.79 Å². The Morgan fingerprint density at radius 1 is 1.21 bits per heavy atom. The van der Waals surface area contributed by atoms with Crippen LogP contribution in [0.5, 0.6) is 11.5 Å². The van der Waals surface area contributed by atoms with Crippen LogP contribution in [0, 0.1) is 6.92 Å². The Bertz CT molecular complexity index is 623. The summed E-state index contributed by atoms with van der Waals surface area (Å²) in [5, 5.41) is 2.73. The average molecular weight is 256 g/mol. The molecule has 5 nitrogen and oxygen atoms in total. The highest BCUT2D eigenvalue weighted by Crippen LogP contribution is 2.32. The fraction of sp³-hybridized carbons (Fsp3) is 0.143. The van der Waals surface area contributed by atoms with Crippen molar-refractivity contribution in [1.29, 1.82) is 0 Å². The summed E-state index contributed by atoms with van der Waals surface area (Å²) >= 11 is 0. The van der Waals surface area contributed by atoms with Gasteiger partial charge in [0.1, 0.15) is 5.82 Å². The molecule has 2 aromatic rings. The van der Waals surface area contributed by atoms with Crippen molar-refractivity contribution in [2.24, 2.45) is 0 Å². The molecule has 1 aromatic carbocycles. The molecule has 0 spiro atoms. The van der Waals surface area contributed by atoms with Crippen LogP contribution in [0.25, 0.3) is 0 Å². The van der Waals surface area contributed by atoms with Crippen molar-refractivity contribution in [3.8, 4) is 11.5 Å². The lowest BCUT2D eigenvalue weighted by molar-refractivity contribution is 0.102. The number of nitrogens with one attached hydrogen (secondary N) is 1. The molecule has 0 bridgehead atoms. The predicted molar refractivity (Wildman–Crippen MR) is 69.5 cm³/mol. The van der Waals surface area contributed by atoms with Crippen molar-refractivity contribution in [3.63, 3.8) is 0 Å². The lowest BCUT2D eigenvalue weighted by Gasteiger charge is -2.05. The van der Waals surface area contributed by atoms with Gasteiger partial charge >= 0.3 is 0 Å². The number of benzene rings is 1. The van der Waals surface area contributed by atoms with Gasteiger partial charge in [-0.2, -0.15) is 0 Å². The van der Waals surface area contributed by atoms with E-state index in [1.165, 1.54) is 0 Å². The number of pyridine rings is 1. The maximum atomic E-state index is 12.1. The van der Waals surface area contributed by atoms with Crippen LogP contribution in [-0.2, 0) is 0 Å². The van der Waals surface area contributed by atoms with E-state index in [0.717, 1.165) is 5.56 Å². The number of hydrogen-bond acceptors (Lipinski definition) is 4. The highest BCUT2D eigenvalue weighted by molar-refractivity contribution is 6.04. The molecule has 0 atom stereocenters. The van der Waals surface area contributed by atoms with Crippen LogP contribution in [0.2, 0.25) is 0 Å². The molecule has 0 radical (unpaired) electrons. The summed E-state index contributed by atoms with van der Waals surface area (Å²) in [6, 6.07) is 8.73. The standard InChI is InChI=1S/C14H12N2O3/c1-9-2-5-13(15-7-9)16-14(17)10-3-4-11-12(6-10)19-8-18-11/h2-7H,8H2,1H3,(H,15,16,17). The maximum Gasteiger partial charge on any atom is 0.256 e. The Kier molecular flexibility index (Phi) is 2.79. The van der Waals surface area contributed by atoms with Crippen molar-refractivity contribution in [3.05, 3.63) is 47.7 Å².